The largest absolute Gasteiger partial charge is 0.400 e. The number of benzene rings is 2. The molecule has 0 unspecified atom stereocenters. The van der Waals surface area contributed by atoms with Gasteiger partial charge >= 0.3 is 0 Å². The Kier molecular flexibility index (Phi) is 6.48. The number of rotatable bonds is 4. The maximum Gasteiger partial charge on any atom is 0.0370 e. The van der Waals surface area contributed by atoms with E-state index in [2.05, 4.69) is 64.8 Å². The zero-order valence-corrected chi connectivity index (χ0v) is 15.2. The van der Waals surface area contributed by atoms with Crippen LogP contribution < -0.4 is 10.2 Å². The molecule has 0 amide bonds. The summed E-state index contributed by atoms with van der Waals surface area (Å²) in [7, 11) is 1.00. The fourth-order valence-corrected chi connectivity index (χ4v) is 4.18. The van der Waals surface area contributed by atoms with Crippen molar-refractivity contribution in [3.8, 4) is 0 Å². The van der Waals surface area contributed by atoms with Crippen LogP contribution in [0.15, 0.2) is 54.6 Å². The van der Waals surface area contributed by atoms with Crippen LogP contribution >= 0.6 is 0 Å². The minimum absolute atomic E-state index is 0.615. The molecule has 1 fully saturated rings. The lowest BCUT2D eigenvalue weighted by Gasteiger charge is -2.36. The molecule has 1 aliphatic carbocycles. The number of nitrogens with zero attached hydrogens (tertiary/aromatic N) is 1. The molecule has 25 heavy (non-hydrogen) atoms. The number of aliphatic hydroxyl groups is 1. The second-order valence-corrected chi connectivity index (χ2v) is 7.01. The Labute approximate surface area is 151 Å². The fourth-order valence-electron chi connectivity index (χ4n) is 4.18. The molecule has 1 saturated heterocycles. The summed E-state index contributed by atoms with van der Waals surface area (Å²) < 4.78 is 0. The monoisotopic (exact) mass is 338 g/mol. The summed E-state index contributed by atoms with van der Waals surface area (Å²) in [5.74, 6) is 0.820. The van der Waals surface area contributed by atoms with Gasteiger partial charge in [0.2, 0.25) is 0 Å². The number of para-hydroxylation sites is 1. The number of nitrogens with one attached hydrogen (secondary N) is 1. The summed E-state index contributed by atoms with van der Waals surface area (Å²) in [4.78, 5) is 2.69. The lowest BCUT2D eigenvalue weighted by Crippen LogP contribution is -2.42. The molecule has 0 aromatic heterocycles. The number of anilines is 1. The van der Waals surface area contributed by atoms with E-state index in [-0.39, 0.29) is 0 Å². The molecule has 2 N–H and O–H groups in total. The summed E-state index contributed by atoms with van der Waals surface area (Å²) >= 11 is 0. The average Bonchev–Trinajstić information content (AvgIpc) is 3.13. The third-order valence-corrected chi connectivity index (χ3v) is 5.47. The van der Waals surface area contributed by atoms with Crippen molar-refractivity contribution in [2.24, 2.45) is 5.92 Å². The first-order valence-electron chi connectivity index (χ1n) is 9.44. The van der Waals surface area contributed by atoms with Gasteiger partial charge in [-0.25, -0.2) is 0 Å². The molecule has 1 heterocycles. The molecule has 3 nitrogen and oxygen atoms in total. The third kappa shape index (κ3) is 4.42. The smallest absolute Gasteiger partial charge is 0.0370 e. The standard InChI is InChI=1S/C21H26N2.CH4O/c1-2-8-20(9-3-1)23(16-17-10-12-22-13-11-17)21-14-18-6-4-5-7-19(18)15-21;1-2/h1-9,17,21-22H,10-16H2;2H,1H3. The van der Waals surface area contributed by atoms with E-state index in [4.69, 9.17) is 5.11 Å². The van der Waals surface area contributed by atoms with Crippen molar-refractivity contribution in [2.45, 2.75) is 31.7 Å². The van der Waals surface area contributed by atoms with Crippen LogP contribution in [0.1, 0.15) is 24.0 Å². The van der Waals surface area contributed by atoms with Crippen molar-refractivity contribution in [3.63, 3.8) is 0 Å². The quantitative estimate of drug-likeness (QED) is 0.898. The SMILES string of the molecule is CO.c1ccc(N(CC2CCNCC2)C2Cc3ccccc3C2)cc1. The maximum absolute atomic E-state index is 7.00. The maximum atomic E-state index is 7.00. The first-order valence-corrected chi connectivity index (χ1v) is 9.44. The number of aliphatic hydroxyl groups excluding tert-OH is 1. The van der Waals surface area contributed by atoms with Gasteiger partial charge in [-0.2, -0.15) is 0 Å². The Morgan fingerprint density at radius 3 is 2.04 bits per heavy atom. The Morgan fingerprint density at radius 1 is 0.880 bits per heavy atom. The lowest BCUT2D eigenvalue weighted by molar-refractivity contribution is 0.364. The van der Waals surface area contributed by atoms with Crippen molar-refractivity contribution in [2.75, 3.05) is 31.6 Å². The van der Waals surface area contributed by atoms with Gasteiger partial charge in [-0.05, 0) is 68.0 Å². The van der Waals surface area contributed by atoms with Gasteiger partial charge in [0.15, 0.2) is 0 Å². The van der Waals surface area contributed by atoms with Crippen LogP contribution in [-0.2, 0) is 12.8 Å². The zero-order valence-electron chi connectivity index (χ0n) is 15.2. The summed E-state index contributed by atoms with van der Waals surface area (Å²) in [5, 5.41) is 10.5. The molecular weight excluding hydrogens is 308 g/mol. The van der Waals surface area contributed by atoms with E-state index in [0.717, 1.165) is 13.0 Å². The summed E-state index contributed by atoms with van der Waals surface area (Å²) in [6.07, 6.45) is 5.00. The van der Waals surface area contributed by atoms with Crippen molar-refractivity contribution in [3.05, 3.63) is 65.7 Å². The Bertz CT molecular complexity index is 612. The molecule has 2 aliphatic rings. The molecule has 0 radical (unpaired) electrons. The van der Waals surface area contributed by atoms with E-state index in [1.165, 1.54) is 51.0 Å². The average molecular weight is 338 g/mol. The molecule has 3 heteroatoms. The van der Waals surface area contributed by atoms with Crippen LogP contribution in [-0.4, -0.2) is 37.9 Å². The van der Waals surface area contributed by atoms with E-state index < -0.39 is 0 Å². The molecule has 0 atom stereocenters. The van der Waals surface area contributed by atoms with E-state index >= 15 is 0 Å². The number of hydrogen-bond acceptors (Lipinski definition) is 3. The van der Waals surface area contributed by atoms with Crippen molar-refractivity contribution in [1.82, 2.24) is 5.32 Å². The molecule has 134 valence electrons. The second-order valence-electron chi connectivity index (χ2n) is 7.01. The topological polar surface area (TPSA) is 35.5 Å². The van der Waals surface area contributed by atoms with Gasteiger partial charge in [0.1, 0.15) is 0 Å². The van der Waals surface area contributed by atoms with E-state index in [9.17, 15) is 0 Å². The minimum Gasteiger partial charge on any atom is -0.400 e. The van der Waals surface area contributed by atoms with Crippen molar-refractivity contribution < 1.29 is 5.11 Å². The number of hydrogen-bond donors (Lipinski definition) is 2. The molecule has 0 spiro atoms. The highest BCUT2D eigenvalue weighted by Gasteiger charge is 2.28. The van der Waals surface area contributed by atoms with E-state index in [0.29, 0.717) is 6.04 Å². The van der Waals surface area contributed by atoms with Gasteiger partial charge in [-0.1, -0.05) is 42.5 Å². The molecule has 0 bridgehead atoms. The molecule has 4 rings (SSSR count). The summed E-state index contributed by atoms with van der Waals surface area (Å²) in [6, 6.07) is 20.6. The highest BCUT2D eigenvalue weighted by atomic mass is 16.2. The molecule has 2 aromatic carbocycles. The van der Waals surface area contributed by atoms with Gasteiger partial charge < -0.3 is 15.3 Å². The highest BCUT2D eigenvalue weighted by molar-refractivity contribution is 5.50. The van der Waals surface area contributed by atoms with E-state index in [1.807, 2.05) is 0 Å². The molecule has 1 aliphatic heterocycles. The van der Waals surface area contributed by atoms with Crippen molar-refractivity contribution in [1.29, 1.82) is 0 Å². The van der Waals surface area contributed by atoms with Gasteiger partial charge in [0.05, 0.1) is 0 Å². The van der Waals surface area contributed by atoms with Gasteiger partial charge in [0, 0.05) is 25.4 Å². The van der Waals surface area contributed by atoms with Crippen LogP contribution in [0.4, 0.5) is 5.69 Å². The number of piperidine rings is 1. The Balaban J connectivity index is 0.000000880. The predicted octanol–water partition coefficient (Wildman–Crippen LogP) is 3.27. The first kappa shape index (κ1) is 18.0. The summed E-state index contributed by atoms with van der Waals surface area (Å²) in [5.41, 5.74) is 4.48. The van der Waals surface area contributed by atoms with Crippen molar-refractivity contribution >= 4 is 5.69 Å². The lowest BCUT2D eigenvalue weighted by atomic mass is 9.96. The first-order chi connectivity index (χ1) is 12.4. The van der Waals surface area contributed by atoms with Gasteiger partial charge in [-0.3, -0.25) is 0 Å². The predicted molar refractivity (Wildman–Crippen MR) is 105 cm³/mol. The highest BCUT2D eigenvalue weighted by Crippen LogP contribution is 2.30. The van der Waals surface area contributed by atoms with Crippen LogP contribution in [0.25, 0.3) is 0 Å². The molecule has 0 saturated carbocycles. The molecule has 2 aromatic rings. The van der Waals surface area contributed by atoms with Crippen LogP contribution in [0.2, 0.25) is 0 Å². The zero-order chi connectivity index (χ0) is 17.5. The third-order valence-electron chi connectivity index (χ3n) is 5.47. The summed E-state index contributed by atoms with van der Waals surface area (Å²) in [6.45, 7) is 3.56. The minimum atomic E-state index is 0.615. The van der Waals surface area contributed by atoms with Crippen LogP contribution in [0.3, 0.4) is 0 Å². The number of fused-ring (bicyclic) bond motifs is 1. The Morgan fingerprint density at radius 2 is 1.44 bits per heavy atom. The van der Waals surface area contributed by atoms with Crippen LogP contribution in [0.5, 0.6) is 0 Å². The van der Waals surface area contributed by atoms with E-state index in [1.54, 1.807) is 11.1 Å². The van der Waals surface area contributed by atoms with Gasteiger partial charge in [0.25, 0.3) is 0 Å². The van der Waals surface area contributed by atoms with Gasteiger partial charge in [-0.15, -0.1) is 0 Å². The molecular formula is C22H30N2O. The second kappa shape index (κ2) is 9.02. The Hall–Kier alpha value is -1.84. The van der Waals surface area contributed by atoms with Crippen LogP contribution in [0, 0.1) is 5.92 Å². The fraction of sp³-hybridized carbons (Fsp3) is 0.455. The normalized spacial score (nSPS) is 17.5.